The van der Waals surface area contributed by atoms with E-state index < -0.39 is 15.9 Å². The second-order valence-corrected chi connectivity index (χ2v) is 8.12. The van der Waals surface area contributed by atoms with Gasteiger partial charge in [-0.1, -0.05) is 23.7 Å². The summed E-state index contributed by atoms with van der Waals surface area (Å²) >= 11 is 6.05. The van der Waals surface area contributed by atoms with Crippen molar-refractivity contribution in [2.24, 2.45) is 0 Å². The number of halogens is 1. The first-order valence-electron chi connectivity index (χ1n) is 8.09. The monoisotopic (exact) mass is 408 g/mol. The Morgan fingerprint density at radius 2 is 1.93 bits per heavy atom. The van der Waals surface area contributed by atoms with E-state index >= 15 is 0 Å². The Labute approximate surface area is 164 Å². The smallest absolute Gasteiger partial charge is 0.243 e. The second-order valence-electron chi connectivity index (χ2n) is 5.77. The normalized spacial score (nSPS) is 11.3. The highest BCUT2D eigenvalue weighted by atomic mass is 35.5. The molecule has 1 amide bonds. The maximum Gasteiger partial charge on any atom is 0.243 e. The highest BCUT2D eigenvalue weighted by Gasteiger charge is 2.25. The number of rotatable bonds is 8. The fraction of sp³-hybridized carbons (Fsp3) is 0.211. The first kappa shape index (κ1) is 21.0. The summed E-state index contributed by atoms with van der Waals surface area (Å²) in [6, 6.07) is 11.1. The summed E-state index contributed by atoms with van der Waals surface area (Å²) in [5, 5.41) is 3.17. The average molecular weight is 409 g/mol. The minimum atomic E-state index is -3.87. The van der Waals surface area contributed by atoms with Gasteiger partial charge in [-0.15, -0.1) is 6.58 Å². The van der Waals surface area contributed by atoms with E-state index in [2.05, 4.69) is 11.9 Å². The lowest BCUT2D eigenvalue weighted by molar-refractivity contribution is -0.116. The number of aryl methyl sites for hydroxylation is 1. The Morgan fingerprint density at radius 3 is 2.48 bits per heavy atom. The number of anilines is 1. The molecule has 0 aliphatic heterocycles. The maximum atomic E-state index is 12.8. The molecule has 2 aromatic rings. The molecular formula is C19H21ClN2O4S. The van der Waals surface area contributed by atoms with Crippen LogP contribution in [0.25, 0.3) is 0 Å². The third kappa shape index (κ3) is 5.32. The summed E-state index contributed by atoms with van der Waals surface area (Å²) in [6.45, 7) is 5.06. The molecule has 8 heteroatoms. The molecule has 144 valence electrons. The van der Waals surface area contributed by atoms with Crippen LogP contribution < -0.4 is 10.1 Å². The number of methoxy groups -OCH3 is 1. The van der Waals surface area contributed by atoms with Gasteiger partial charge >= 0.3 is 0 Å². The van der Waals surface area contributed by atoms with Crippen LogP contribution in [-0.2, 0) is 14.8 Å². The van der Waals surface area contributed by atoms with E-state index in [-0.39, 0.29) is 18.0 Å². The quantitative estimate of drug-likeness (QED) is 0.678. The van der Waals surface area contributed by atoms with Crippen molar-refractivity contribution in [1.82, 2.24) is 4.31 Å². The van der Waals surface area contributed by atoms with Gasteiger partial charge in [0.2, 0.25) is 15.9 Å². The molecule has 0 bridgehead atoms. The van der Waals surface area contributed by atoms with Crippen LogP contribution in [0.5, 0.6) is 5.75 Å². The first-order chi connectivity index (χ1) is 12.8. The van der Waals surface area contributed by atoms with Crippen molar-refractivity contribution < 1.29 is 17.9 Å². The molecular weight excluding hydrogens is 388 g/mol. The topological polar surface area (TPSA) is 75.7 Å². The van der Waals surface area contributed by atoms with Crippen LogP contribution in [-0.4, -0.2) is 38.8 Å². The fourth-order valence-electron chi connectivity index (χ4n) is 2.32. The standard InChI is InChI=1S/C19H21ClN2O4S/c1-4-11-22(27(24,25)17-9-7-16(26-3)8-10-17)13-19(23)21-15-6-5-14(2)18(20)12-15/h4-10,12H,1,11,13H2,2-3H3,(H,21,23). The van der Waals surface area contributed by atoms with E-state index in [9.17, 15) is 13.2 Å². The molecule has 27 heavy (non-hydrogen) atoms. The van der Waals surface area contributed by atoms with Gasteiger partial charge < -0.3 is 10.1 Å². The highest BCUT2D eigenvalue weighted by molar-refractivity contribution is 7.89. The summed E-state index contributed by atoms with van der Waals surface area (Å²) in [5.74, 6) is 0.0621. The Balaban J connectivity index is 2.18. The van der Waals surface area contributed by atoms with Crippen molar-refractivity contribution in [3.63, 3.8) is 0 Å². The molecule has 0 unspecified atom stereocenters. The molecule has 0 aliphatic carbocycles. The SMILES string of the molecule is C=CCN(CC(=O)Nc1ccc(C)c(Cl)c1)S(=O)(=O)c1ccc(OC)cc1. The molecule has 0 aliphatic rings. The zero-order valence-electron chi connectivity index (χ0n) is 15.1. The zero-order chi connectivity index (χ0) is 20.0. The van der Waals surface area contributed by atoms with Crippen molar-refractivity contribution in [2.45, 2.75) is 11.8 Å². The number of hydrogen-bond acceptors (Lipinski definition) is 4. The van der Waals surface area contributed by atoms with Crippen LogP contribution >= 0.6 is 11.6 Å². The molecule has 0 fully saturated rings. The lowest BCUT2D eigenvalue weighted by Gasteiger charge is -2.20. The van der Waals surface area contributed by atoms with Crippen molar-refractivity contribution >= 4 is 33.2 Å². The third-order valence-electron chi connectivity index (χ3n) is 3.81. The minimum absolute atomic E-state index is 0.00354. The van der Waals surface area contributed by atoms with E-state index in [0.717, 1.165) is 9.87 Å². The first-order valence-corrected chi connectivity index (χ1v) is 9.91. The highest BCUT2D eigenvalue weighted by Crippen LogP contribution is 2.21. The van der Waals surface area contributed by atoms with Crippen LogP contribution in [0.2, 0.25) is 5.02 Å². The van der Waals surface area contributed by atoms with Gasteiger partial charge in [-0.2, -0.15) is 4.31 Å². The zero-order valence-corrected chi connectivity index (χ0v) is 16.7. The number of ether oxygens (including phenoxy) is 1. The summed E-state index contributed by atoms with van der Waals surface area (Å²) < 4.78 is 31.8. The molecule has 0 saturated heterocycles. The molecule has 1 N–H and O–H groups in total. The molecule has 0 radical (unpaired) electrons. The predicted octanol–water partition coefficient (Wildman–Crippen LogP) is 3.47. The molecule has 0 spiro atoms. The Kier molecular flexibility index (Phi) is 7.01. The van der Waals surface area contributed by atoms with Crippen molar-refractivity contribution in [1.29, 1.82) is 0 Å². The Bertz CT molecular complexity index is 927. The Morgan fingerprint density at radius 1 is 1.26 bits per heavy atom. The number of benzene rings is 2. The van der Waals surface area contributed by atoms with Gasteiger partial charge in [0, 0.05) is 17.3 Å². The van der Waals surface area contributed by atoms with Gasteiger partial charge in [0.1, 0.15) is 5.75 Å². The number of carbonyl (C=O) groups excluding carboxylic acids is 1. The van der Waals surface area contributed by atoms with E-state index in [1.807, 2.05) is 6.92 Å². The number of carbonyl (C=O) groups is 1. The van der Waals surface area contributed by atoms with E-state index in [4.69, 9.17) is 16.3 Å². The van der Waals surface area contributed by atoms with Gasteiger partial charge in [-0.05, 0) is 48.9 Å². The molecule has 6 nitrogen and oxygen atoms in total. The number of nitrogens with one attached hydrogen (secondary N) is 1. The summed E-state index contributed by atoms with van der Waals surface area (Å²) in [4.78, 5) is 12.4. The molecule has 0 aromatic heterocycles. The van der Waals surface area contributed by atoms with Crippen LogP contribution in [0.1, 0.15) is 5.56 Å². The summed E-state index contributed by atoms with van der Waals surface area (Å²) in [6.07, 6.45) is 1.43. The molecule has 0 heterocycles. The average Bonchev–Trinajstić information content (AvgIpc) is 2.64. The van der Waals surface area contributed by atoms with E-state index in [1.165, 1.54) is 25.3 Å². The molecule has 0 atom stereocenters. The van der Waals surface area contributed by atoms with Gasteiger partial charge in [-0.25, -0.2) is 8.42 Å². The summed E-state index contributed by atoms with van der Waals surface area (Å²) in [7, 11) is -2.38. The summed E-state index contributed by atoms with van der Waals surface area (Å²) in [5.41, 5.74) is 1.38. The number of nitrogens with zero attached hydrogens (tertiary/aromatic N) is 1. The second kappa shape index (κ2) is 9.03. The fourth-order valence-corrected chi connectivity index (χ4v) is 3.87. The van der Waals surface area contributed by atoms with Gasteiger partial charge in [0.05, 0.1) is 18.6 Å². The van der Waals surface area contributed by atoms with Crippen LogP contribution in [0.15, 0.2) is 60.0 Å². The van der Waals surface area contributed by atoms with Crippen LogP contribution in [0.3, 0.4) is 0 Å². The van der Waals surface area contributed by atoms with Crippen LogP contribution in [0.4, 0.5) is 5.69 Å². The number of sulfonamides is 1. The van der Waals surface area contributed by atoms with E-state index in [0.29, 0.717) is 16.5 Å². The van der Waals surface area contributed by atoms with Crippen LogP contribution in [0, 0.1) is 6.92 Å². The largest absolute Gasteiger partial charge is 0.497 e. The lowest BCUT2D eigenvalue weighted by Crippen LogP contribution is -2.38. The third-order valence-corrected chi connectivity index (χ3v) is 6.04. The molecule has 2 rings (SSSR count). The van der Waals surface area contributed by atoms with Crippen molar-refractivity contribution in [2.75, 3.05) is 25.5 Å². The number of hydrogen-bond donors (Lipinski definition) is 1. The number of amides is 1. The van der Waals surface area contributed by atoms with Gasteiger partial charge in [0.25, 0.3) is 0 Å². The molecule has 0 saturated carbocycles. The van der Waals surface area contributed by atoms with Gasteiger partial charge in [0.15, 0.2) is 0 Å². The Hall–Kier alpha value is -2.35. The maximum absolute atomic E-state index is 12.8. The predicted molar refractivity (Wildman–Crippen MR) is 107 cm³/mol. The van der Waals surface area contributed by atoms with Gasteiger partial charge in [-0.3, -0.25) is 4.79 Å². The minimum Gasteiger partial charge on any atom is -0.497 e. The van der Waals surface area contributed by atoms with Crippen molar-refractivity contribution in [3.8, 4) is 5.75 Å². The van der Waals surface area contributed by atoms with Crippen molar-refractivity contribution in [3.05, 3.63) is 65.7 Å². The lowest BCUT2D eigenvalue weighted by atomic mass is 10.2. The van der Waals surface area contributed by atoms with E-state index in [1.54, 1.807) is 30.3 Å². The molecule has 2 aromatic carbocycles.